The maximum absolute atomic E-state index is 12.1. The molecule has 2 amide bonds. The number of rotatable bonds is 8. The molecule has 0 bridgehead atoms. The van der Waals surface area contributed by atoms with E-state index in [4.69, 9.17) is 9.47 Å². The Bertz CT molecular complexity index is 801. The van der Waals surface area contributed by atoms with Crippen molar-refractivity contribution in [2.24, 2.45) is 0 Å². The average Bonchev–Trinajstić information content (AvgIpc) is 2.69. The Labute approximate surface area is 164 Å². The summed E-state index contributed by atoms with van der Waals surface area (Å²) in [7, 11) is 0. The van der Waals surface area contributed by atoms with E-state index >= 15 is 0 Å². The topological polar surface area (TPSA) is 93.7 Å². The van der Waals surface area contributed by atoms with Crippen LogP contribution in [-0.2, 0) is 9.47 Å². The van der Waals surface area contributed by atoms with Crippen molar-refractivity contribution in [3.05, 3.63) is 59.7 Å². The van der Waals surface area contributed by atoms with E-state index < -0.39 is 12.0 Å². The van der Waals surface area contributed by atoms with Crippen LogP contribution in [0.5, 0.6) is 0 Å². The molecule has 0 heterocycles. The van der Waals surface area contributed by atoms with Crippen LogP contribution >= 0.6 is 0 Å². The van der Waals surface area contributed by atoms with Crippen LogP contribution in [0.2, 0.25) is 0 Å². The van der Waals surface area contributed by atoms with Crippen molar-refractivity contribution >= 4 is 29.3 Å². The van der Waals surface area contributed by atoms with Crippen molar-refractivity contribution < 1.29 is 23.9 Å². The predicted molar refractivity (Wildman–Crippen MR) is 107 cm³/mol. The Morgan fingerprint density at radius 3 is 1.64 bits per heavy atom. The van der Waals surface area contributed by atoms with Crippen molar-refractivity contribution in [3.8, 4) is 0 Å². The lowest BCUT2D eigenvalue weighted by Crippen LogP contribution is -2.19. The van der Waals surface area contributed by atoms with Crippen LogP contribution in [-0.4, -0.2) is 31.2 Å². The second kappa shape index (κ2) is 10.7. The highest BCUT2D eigenvalue weighted by molar-refractivity contribution is 6.00. The summed E-state index contributed by atoms with van der Waals surface area (Å²) < 4.78 is 10.0. The molecule has 0 aromatic heterocycles. The van der Waals surface area contributed by atoms with Gasteiger partial charge in [-0.15, -0.1) is 0 Å². The molecule has 0 aliphatic heterocycles. The largest absolute Gasteiger partial charge is 0.462 e. The quantitative estimate of drug-likeness (QED) is 0.517. The highest BCUT2D eigenvalue weighted by atomic mass is 16.5. The number of hydrogen-bond acceptors (Lipinski definition) is 5. The van der Waals surface area contributed by atoms with E-state index in [1.54, 1.807) is 55.5 Å². The van der Waals surface area contributed by atoms with Gasteiger partial charge in [-0.3, -0.25) is 0 Å². The summed E-state index contributed by atoms with van der Waals surface area (Å²) >= 11 is 0. The predicted octanol–water partition coefficient (Wildman–Crippen LogP) is 4.46. The maximum Gasteiger partial charge on any atom is 0.338 e. The van der Waals surface area contributed by atoms with Crippen molar-refractivity contribution in [1.29, 1.82) is 0 Å². The first kappa shape index (κ1) is 21.0. The molecule has 0 aliphatic rings. The van der Waals surface area contributed by atoms with Crippen LogP contribution in [0.1, 0.15) is 47.4 Å². The summed E-state index contributed by atoms with van der Waals surface area (Å²) in [5.74, 6) is -0.794. The molecular formula is C21H24N2O5. The standard InChI is InChI=1S/C21H24N2O5/c1-3-5-14-28-20(25)16-8-12-18(13-9-16)23-21(26)22-17-10-6-15(7-11-17)19(24)27-4-2/h6-13H,3-5,14H2,1-2H3,(H2,22,23,26). The zero-order valence-electron chi connectivity index (χ0n) is 16.0. The van der Waals surface area contributed by atoms with Crippen molar-refractivity contribution in [3.63, 3.8) is 0 Å². The van der Waals surface area contributed by atoms with E-state index in [0.717, 1.165) is 12.8 Å². The normalized spacial score (nSPS) is 10.1. The van der Waals surface area contributed by atoms with Crippen LogP contribution in [0.15, 0.2) is 48.5 Å². The number of carbonyl (C=O) groups is 3. The Kier molecular flexibility index (Phi) is 8.02. The first-order valence-corrected chi connectivity index (χ1v) is 9.15. The van der Waals surface area contributed by atoms with Crippen LogP contribution in [0.25, 0.3) is 0 Å². The third-order valence-corrected chi connectivity index (χ3v) is 3.76. The van der Waals surface area contributed by atoms with Gasteiger partial charge in [-0.05, 0) is 61.9 Å². The van der Waals surface area contributed by atoms with E-state index in [1.807, 2.05) is 6.92 Å². The van der Waals surface area contributed by atoms with Gasteiger partial charge in [-0.2, -0.15) is 0 Å². The number of anilines is 2. The summed E-state index contributed by atoms with van der Waals surface area (Å²) in [6, 6.07) is 12.4. The molecule has 2 N–H and O–H groups in total. The van der Waals surface area contributed by atoms with Gasteiger partial charge < -0.3 is 20.1 Å². The second-order valence-electron chi connectivity index (χ2n) is 5.94. The summed E-state index contributed by atoms with van der Waals surface area (Å²) in [4.78, 5) is 35.6. The van der Waals surface area contributed by atoms with Gasteiger partial charge in [0.05, 0.1) is 24.3 Å². The lowest BCUT2D eigenvalue weighted by Gasteiger charge is -2.09. The number of esters is 2. The van der Waals surface area contributed by atoms with Crippen LogP contribution in [0.4, 0.5) is 16.2 Å². The summed E-state index contributed by atoms with van der Waals surface area (Å²) in [6.07, 6.45) is 1.78. The molecule has 28 heavy (non-hydrogen) atoms. The molecule has 2 rings (SSSR count). The van der Waals surface area contributed by atoms with Crippen LogP contribution in [0.3, 0.4) is 0 Å². The van der Waals surface area contributed by atoms with Gasteiger partial charge in [0.2, 0.25) is 0 Å². The number of hydrogen-bond donors (Lipinski definition) is 2. The Morgan fingerprint density at radius 1 is 0.750 bits per heavy atom. The first-order valence-electron chi connectivity index (χ1n) is 9.15. The van der Waals surface area contributed by atoms with Gasteiger partial charge in [-0.25, -0.2) is 14.4 Å². The number of amides is 2. The van der Waals surface area contributed by atoms with Crippen molar-refractivity contribution in [2.45, 2.75) is 26.7 Å². The van der Waals surface area contributed by atoms with E-state index in [2.05, 4.69) is 10.6 Å². The van der Waals surface area contributed by atoms with E-state index in [9.17, 15) is 14.4 Å². The fourth-order valence-corrected chi connectivity index (χ4v) is 2.28. The molecule has 0 radical (unpaired) electrons. The average molecular weight is 384 g/mol. The number of benzene rings is 2. The molecule has 0 atom stereocenters. The van der Waals surface area contributed by atoms with E-state index in [-0.39, 0.29) is 5.97 Å². The number of urea groups is 1. The van der Waals surface area contributed by atoms with Gasteiger partial charge in [0.25, 0.3) is 0 Å². The fraction of sp³-hybridized carbons (Fsp3) is 0.286. The molecule has 148 valence electrons. The van der Waals surface area contributed by atoms with Gasteiger partial charge in [0, 0.05) is 11.4 Å². The van der Waals surface area contributed by atoms with Gasteiger partial charge in [0.1, 0.15) is 0 Å². The van der Waals surface area contributed by atoms with E-state index in [1.165, 1.54) is 0 Å². The van der Waals surface area contributed by atoms with Crippen LogP contribution in [0, 0.1) is 0 Å². The molecule has 2 aromatic rings. The number of nitrogens with one attached hydrogen (secondary N) is 2. The second-order valence-corrected chi connectivity index (χ2v) is 5.94. The molecule has 0 aliphatic carbocycles. The number of carbonyl (C=O) groups excluding carboxylic acids is 3. The Morgan fingerprint density at radius 2 is 1.21 bits per heavy atom. The zero-order valence-corrected chi connectivity index (χ0v) is 16.0. The third-order valence-electron chi connectivity index (χ3n) is 3.76. The molecule has 7 heteroatoms. The summed E-state index contributed by atoms with van der Waals surface area (Å²) in [5, 5.41) is 5.34. The number of unbranched alkanes of at least 4 members (excludes halogenated alkanes) is 1. The van der Waals surface area contributed by atoms with Crippen molar-refractivity contribution in [1.82, 2.24) is 0 Å². The third kappa shape index (κ3) is 6.42. The number of ether oxygens (including phenoxy) is 2. The minimum Gasteiger partial charge on any atom is -0.462 e. The molecule has 0 saturated carbocycles. The van der Waals surface area contributed by atoms with Crippen molar-refractivity contribution in [2.75, 3.05) is 23.8 Å². The lowest BCUT2D eigenvalue weighted by molar-refractivity contribution is 0.0496. The Balaban J connectivity index is 1.87. The minimum atomic E-state index is -0.442. The first-order chi connectivity index (χ1) is 13.5. The highest BCUT2D eigenvalue weighted by Crippen LogP contribution is 2.14. The molecule has 2 aromatic carbocycles. The van der Waals surface area contributed by atoms with Gasteiger partial charge >= 0.3 is 18.0 Å². The lowest BCUT2D eigenvalue weighted by atomic mass is 10.2. The molecule has 0 fully saturated rings. The monoisotopic (exact) mass is 384 g/mol. The Hall–Kier alpha value is -3.35. The molecule has 7 nitrogen and oxygen atoms in total. The van der Waals surface area contributed by atoms with E-state index in [0.29, 0.717) is 35.7 Å². The van der Waals surface area contributed by atoms with Crippen LogP contribution < -0.4 is 10.6 Å². The zero-order chi connectivity index (χ0) is 20.4. The molecule has 0 unspecified atom stereocenters. The van der Waals surface area contributed by atoms with Gasteiger partial charge in [-0.1, -0.05) is 13.3 Å². The maximum atomic E-state index is 12.1. The van der Waals surface area contributed by atoms with Gasteiger partial charge in [0.15, 0.2) is 0 Å². The summed E-state index contributed by atoms with van der Waals surface area (Å²) in [5.41, 5.74) is 1.90. The molecule has 0 spiro atoms. The minimum absolute atomic E-state index is 0.302. The molecular weight excluding hydrogens is 360 g/mol. The fourth-order valence-electron chi connectivity index (χ4n) is 2.28. The summed E-state index contributed by atoms with van der Waals surface area (Å²) in [6.45, 7) is 4.46. The molecule has 0 saturated heterocycles. The highest BCUT2D eigenvalue weighted by Gasteiger charge is 2.09. The smallest absolute Gasteiger partial charge is 0.338 e. The SMILES string of the molecule is CCCCOC(=O)c1ccc(NC(=O)Nc2ccc(C(=O)OCC)cc2)cc1.